The van der Waals surface area contributed by atoms with Crippen molar-refractivity contribution in [2.45, 2.75) is 6.92 Å². The van der Waals surface area contributed by atoms with Crippen LogP contribution in [0.3, 0.4) is 0 Å². The fourth-order valence-electron chi connectivity index (χ4n) is 3.13. The Labute approximate surface area is 174 Å². The van der Waals surface area contributed by atoms with Gasteiger partial charge in [-0.2, -0.15) is 0 Å². The number of nitrogens with one attached hydrogen (secondary N) is 1. The Kier molecular flexibility index (Phi) is 5.03. The Bertz CT molecular complexity index is 1300. The van der Waals surface area contributed by atoms with E-state index < -0.39 is 11.7 Å². The molecule has 4 nitrogen and oxygen atoms in total. The van der Waals surface area contributed by atoms with Gasteiger partial charge in [-0.15, -0.1) is 0 Å². The molecule has 0 atom stereocenters. The molecule has 6 heteroatoms. The summed E-state index contributed by atoms with van der Waals surface area (Å²) in [4.78, 5) is 25.7. The van der Waals surface area contributed by atoms with E-state index in [9.17, 15) is 14.0 Å². The van der Waals surface area contributed by atoms with Crippen molar-refractivity contribution in [1.82, 2.24) is 0 Å². The minimum absolute atomic E-state index is 0.0351. The van der Waals surface area contributed by atoms with E-state index in [2.05, 4.69) is 21.2 Å². The normalized spacial score (nSPS) is 10.9. The predicted octanol–water partition coefficient (Wildman–Crippen LogP) is 5.92. The van der Waals surface area contributed by atoms with E-state index in [0.29, 0.717) is 21.2 Å². The molecule has 0 saturated carbocycles. The second kappa shape index (κ2) is 7.64. The first-order valence-corrected chi connectivity index (χ1v) is 9.63. The molecule has 0 unspecified atom stereocenters. The van der Waals surface area contributed by atoms with E-state index >= 15 is 0 Å². The van der Waals surface area contributed by atoms with Gasteiger partial charge in [0.25, 0.3) is 5.91 Å². The summed E-state index contributed by atoms with van der Waals surface area (Å²) < 4.78 is 20.7. The van der Waals surface area contributed by atoms with Crippen molar-refractivity contribution < 1.29 is 13.6 Å². The lowest BCUT2D eigenvalue weighted by molar-refractivity contribution is 0.102. The van der Waals surface area contributed by atoms with Gasteiger partial charge < -0.3 is 9.73 Å². The number of rotatable bonds is 3. The maximum atomic E-state index is 14.1. The molecule has 0 aliphatic heterocycles. The fourth-order valence-corrected chi connectivity index (χ4v) is 3.47. The van der Waals surface area contributed by atoms with Crippen molar-refractivity contribution in [2.75, 3.05) is 5.32 Å². The molecule has 1 heterocycles. The third kappa shape index (κ3) is 3.59. The molecule has 1 aromatic heterocycles. The van der Waals surface area contributed by atoms with Crippen molar-refractivity contribution in [2.24, 2.45) is 0 Å². The van der Waals surface area contributed by atoms with Gasteiger partial charge >= 0.3 is 0 Å². The summed E-state index contributed by atoms with van der Waals surface area (Å²) in [6.07, 6.45) is 0. The maximum absolute atomic E-state index is 14.1. The second-order valence-electron chi connectivity index (χ2n) is 6.51. The van der Waals surface area contributed by atoms with Crippen LogP contribution in [0.1, 0.15) is 15.9 Å². The molecule has 4 aromatic rings. The van der Waals surface area contributed by atoms with Gasteiger partial charge in [0.05, 0.1) is 16.6 Å². The average Bonchev–Trinajstić information content (AvgIpc) is 2.73. The van der Waals surface area contributed by atoms with Gasteiger partial charge in [-0.3, -0.25) is 9.59 Å². The molecule has 0 saturated heterocycles. The molecule has 0 aliphatic rings. The number of carbonyl (C=O) groups excluding carboxylic acids is 1. The van der Waals surface area contributed by atoms with Gasteiger partial charge in [-0.1, -0.05) is 52.3 Å². The van der Waals surface area contributed by atoms with Crippen LogP contribution in [0.15, 0.2) is 80.4 Å². The molecule has 1 N–H and O–H groups in total. The van der Waals surface area contributed by atoms with Crippen molar-refractivity contribution in [3.63, 3.8) is 0 Å². The molecule has 0 aliphatic carbocycles. The van der Waals surface area contributed by atoms with Gasteiger partial charge in [0.2, 0.25) is 0 Å². The van der Waals surface area contributed by atoms with E-state index in [1.807, 2.05) is 30.3 Å². The first-order valence-electron chi connectivity index (χ1n) is 8.84. The van der Waals surface area contributed by atoms with E-state index in [0.717, 1.165) is 5.56 Å². The van der Waals surface area contributed by atoms with Gasteiger partial charge in [0.15, 0.2) is 11.0 Å². The Balaban J connectivity index is 1.86. The zero-order chi connectivity index (χ0) is 20.5. The fraction of sp³-hybridized carbons (Fsp3) is 0.0435. The monoisotopic (exact) mass is 451 g/mol. The van der Waals surface area contributed by atoms with Crippen LogP contribution in [0.25, 0.3) is 22.3 Å². The predicted molar refractivity (Wildman–Crippen MR) is 115 cm³/mol. The lowest BCUT2D eigenvalue weighted by Gasteiger charge is -2.11. The Morgan fingerprint density at radius 3 is 2.52 bits per heavy atom. The number of amides is 1. The number of para-hydroxylation sites is 1. The molecule has 0 spiro atoms. The number of hydrogen-bond donors (Lipinski definition) is 1. The van der Waals surface area contributed by atoms with Crippen molar-refractivity contribution in [3.05, 3.63) is 98.4 Å². The third-order valence-electron chi connectivity index (χ3n) is 4.60. The summed E-state index contributed by atoms with van der Waals surface area (Å²) in [6, 6.07) is 18.3. The molecule has 4 rings (SSSR count). The standard InChI is InChI=1S/C23H15BrFNO3/c1-13-20(27)16-8-5-9-17(22(16)29-21(13)14-6-3-2-4-7-14)23(28)26-19-11-10-15(24)12-18(19)25/h2-12H,1H3,(H,26,28). The van der Waals surface area contributed by atoms with Crippen LogP contribution in [-0.4, -0.2) is 5.91 Å². The zero-order valence-corrected chi connectivity index (χ0v) is 16.9. The highest BCUT2D eigenvalue weighted by Gasteiger charge is 2.19. The molecule has 1 amide bonds. The number of carbonyl (C=O) groups is 1. The van der Waals surface area contributed by atoms with Crippen LogP contribution in [-0.2, 0) is 0 Å². The number of halogens is 2. The molecular weight excluding hydrogens is 437 g/mol. The Morgan fingerprint density at radius 1 is 1.03 bits per heavy atom. The molecule has 144 valence electrons. The number of hydrogen-bond acceptors (Lipinski definition) is 3. The van der Waals surface area contributed by atoms with Gasteiger partial charge in [-0.25, -0.2) is 4.39 Å². The maximum Gasteiger partial charge on any atom is 0.259 e. The van der Waals surface area contributed by atoms with Crippen LogP contribution in [0.2, 0.25) is 0 Å². The summed E-state index contributed by atoms with van der Waals surface area (Å²) in [5, 5.41) is 2.84. The Morgan fingerprint density at radius 2 is 1.79 bits per heavy atom. The largest absolute Gasteiger partial charge is 0.455 e. The zero-order valence-electron chi connectivity index (χ0n) is 15.3. The third-order valence-corrected chi connectivity index (χ3v) is 5.10. The lowest BCUT2D eigenvalue weighted by atomic mass is 10.0. The number of fused-ring (bicyclic) bond motifs is 1. The minimum Gasteiger partial charge on any atom is -0.455 e. The molecule has 0 bridgehead atoms. The van der Waals surface area contributed by atoms with Crippen LogP contribution in [0.5, 0.6) is 0 Å². The summed E-state index contributed by atoms with van der Waals surface area (Å²) in [6.45, 7) is 1.69. The van der Waals surface area contributed by atoms with Gasteiger partial charge in [-0.05, 0) is 37.3 Å². The summed E-state index contributed by atoms with van der Waals surface area (Å²) in [5.41, 5.74) is 1.33. The topological polar surface area (TPSA) is 59.3 Å². The highest BCUT2D eigenvalue weighted by Crippen LogP contribution is 2.28. The first kappa shape index (κ1) is 19.1. The molecule has 29 heavy (non-hydrogen) atoms. The summed E-state index contributed by atoms with van der Waals surface area (Å²) in [7, 11) is 0. The average molecular weight is 452 g/mol. The van der Waals surface area contributed by atoms with Gasteiger partial charge in [0, 0.05) is 15.6 Å². The second-order valence-corrected chi connectivity index (χ2v) is 7.43. The van der Waals surface area contributed by atoms with E-state index in [-0.39, 0.29) is 22.3 Å². The van der Waals surface area contributed by atoms with Crippen LogP contribution in [0, 0.1) is 12.7 Å². The van der Waals surface area contributed by atoms with Crippen LogP contribution < -0.4 is 10.7 Å². The molecule has 0 radical (unpaired) electrons. The summed E-state index contributed by atoms with van der Waals surface area (Å²) in [5.74, 6) is -0.740. The van der Waals surface area contributed by atoms with Crippen molar-refractivity contribution >= 4 is 38.5 Å². The molecular formula is C23H15BrFNO3. The SMILES string of the molecule is Cc1c(-c2ccccc2)oc2c(C(=O)Nc3ccc(Br)cc3F)cccc2c1=O. The quantitative estimate of drug-likeness (QED) is 0.420. The van der Waals surface area contributed by atoms with E-state index in [1.165, 1.54) is 12.1 Å². The smallest absolute Gasteiger partial charge is 0.259 e. The van der Waals surface area contributed by atoms with Crippen LogP contribution in [0.4, 0.5) is 10.1 Å². The molecule has 3 aromatic carbocycles. The highest BCUT2D eigenvalue weighted by molar-refractivity contribution is 9.10. The lowest BCUT2D eigenvalue weighted by Crippen LogP contribution is -2.15. The van der Waals surface area contributed by atoms with Gasteiger partial charge in [0.1, 0.15) is 11.6 Å². The summed E-state index contributed by atoms with van der Waals surface area (Å²) >= 11 is 3.18. The van der Waals surface area contributed by atoms with E-state index in [4.69, 9.17) is 4.42 Å². The first-order chi connectivity index (χ1) is 14.0. The van der Waals surface area contributed by atoms with Crippen LogP contribution >= 0.6 is 15.9 Å². The van der Waals surface area contributed by atoms with Crippen molar-refractivity contribution in [1.29, 1.82) is 0 Å². The minimum atomic E-state index is -0.574. The number of benzene rings is 3. The Hall–Kier alpha value is -3.25. The highest BCUT2D eigenvalue weighted by atomic mass is 79.9. The van der Waals surface area contributed by atoms with Crippen molar-refractivity contribution in [3.8, 4) is 11.3 Å². The number of anilines is 1. The molecule has 0 fully saturated rings. The van der Waals surface area contributed by atoms with E-state index in [1.54, 1.807) is 31.2 Å².